The van der Waals surface area contributed by atoms with Gasteiger partial charge in [0.2, 0.25) is 5.91 Å². The first-order valence-electron chi connectivity index (χ1n) is 6.30. The van der Waals surface area contributed by atoms with E-state index in [1.807, 2.05) is 37.3 Å². The maximum Gasteiger partial charge on any atom is 0.303 e. The van der Waals surface area contributed by atoms with Crippen LogP contribution < -0.4 is 0 Å². The number of nitrogens with zero attached hydrogens (tertiary/aromatic N) is 1. The van der Waals surface area contributed by atoms with Crippen molar-refractivity contribution in [1.29, 1.82) is 0 Å². The fourth-order valence-corrected chi connectivity index (χ4v) is 2.17. The Morgan fingerprint density at radius 2 is 2.05 bits per heavy atom. The van der Waals surface area contributed by atoms with E-state index in [1.165, 1.54) is 0 Å². The Balaban J connectivity index is 1.86. The van der Waals surface area contributed by atoms with Crippen LogP contribution in [-0.4, -0.2) is 35.0 Å². The minimum atomic E-state index is -0.799. The van der Waals surface area contributed by atoms with Gasteiger partial charge in [0.1, 0.15) is 0 Å². The summed E-state index contributed by atoms with van der Waals surface area (Å²) in [7, 11) is 0. The number of carboxylic acids is 1. The summed E-state index contributed by atoms with van der Waals surface area (Å²) < 4.78 is 0. The second-order valence-electron chi connectivity index (χ2n) is 4.90. The average molecular weight is 259 g/mol. The van der Waals surface area contributed by atoms with Gasteiger partial charge >= 0.3 is 5.97 Å². The van der Waals surface area contributed by atoms with Gasteiger partial charge in [0, 0.05) is 25.1 Å². The largest absolute Gasteiger partial charge is 0.481 e. The molecule has 1 aromatic rings. The molecule has 1 N–H and O–H groups in total. The van der Waals surface area contributed by atoms with Crippen molar-refractivity contribution in [3.8, 4) is 0 Å². The summed E-state index contributed by atoms with van der Waals surface area (Å²) in [5.41, 5.74) is 2.15. The van der Waals surface area contributed by atoms with Crippen molar-refractivity contribution >= 4 is 18.0 Å². The Bertz CT molecular complexity index is 516. The van der Waals surface area contributed by atoms with Crippen molar-refractivity contribution in [2.24, 2.45) is 5.92 Å². The molecule has 0 radical (unpaired) electrons. The Labute approximate surface area is 112 Å². The third kappa shape index (κ3) is 3.44. The van der Waals surface area contributed by atoms with Crippen LogP contribution in [0.3, 0.4) is 0 Å². The van der Waals surface area contributed by atoms with Gasteiger partial charge in [0.25, 0.3) is 0 Å². The van der Waals surface area contributed by atoms with Crippen LogP contribution in [0.5, 0.6) is 0 Å². The minimum absolute atomic E-state index is 0.0510. The van der Waals surface area contributed by atoms with E-state index >= 15 is 0 Å². The fraction of sp³-hybridized carbons (Fsp3) is 0.333. The Morgan fingerprint density at radius 1 is 1.37 bits per heavy atom. The zero-order valence-electron chi connectivity index (χ0n) is 10.9. The third-order valence-electron chi connectivity index (χ3n) is 3.33. The van der Waals surface area contributed by atoms with Crippen molar-refractivity contribution < 1.29 is 14.7 Å². The van der Waals surface area contributed by atoms with Crippen molar-refractivity contribution in [3.63, 3.8) is 0 Å². The molecule has 1 heterocycles. The predicted molar refractivity (Wildman–Crippen MR) is 72.5 cm³/mol. The highest BCUT2D eigenvalue weighted by molar-refractivity contribution is 5.92. The molecule has 0 bridgehead atoms. The molecule has 0 atom stereocenters. The van der Waals surface area contributed by atoms with Gasteiger partial charge in [0.05, 0.1) is 6.42 Å². The quantitative estimate of drug-likeness (QED) is 0.841. The van der Waals surface area contributed by atoms with E-state index in [4.69, 9.17) is 5.11 Å². The van der Waals surface area contributed by atoms with E-state index in [2.05, 4.69) is 0 Å². The molecule has 1 aliphatic rings. The highest BCUT2D eigenvalue weighted by Crippen LogP contribution is 2.19. The molecule has 0 unspecified atom stereocenters. The number of likely N-dealkylation sites (tertiary alicyclic amines) is 1. The van der Waals surface area contributed by atoms with Crippen LogP contribution >= 0.6 is 0 Å². The van der Waals surface area contributed by atoms with Gasteiger partial charge in [-0.05, 0) is 24.1 Å². The Kier molecular flexibility index (Phi) is 4.00. The lowest BCUT2D eigenvalue weighted by Gasteiger charge is -2.37. The SMILES string of the molecule is Cc1ccccc1C=CC(=O)N1CC(CC(=O)O)C1. The zero-order valence-corrected chi connectivity index (χ0v) is 10.9. The summed E-state index contributed by atoms with van der Waals surface area (Å²) in [6.45, 7) is 3.09. The third-order valence-corrected chi connectivity index (χ3v) is 3.33. The van der Waals surface area contributed by atoms with Crippen LogP contribution in [0.4, 0.5) is 0 Å². The highest BCUT2D eigenvalue weighted by Gasteiger charge is 2.30. The van der Waals surface area contributed by atoms with Gasteiger partial charge in [-0.15, -0.1) is 0 Å². The molecule has 4 nitrogen and oxygen atoms in total. The summed E-state index contributed by atoms with van der Waals surface area (Å²) in [5, 5.41) is 8.64. The van der Waals surface area contributed by atoms with Crippen molar-refractivity contribution in [2.75, 3.05) is 13.1 Å². The highest BCUT2D eigenvalue weighted by atomic mass is 16.4. The minimum Gasteiger partial charge on any atom is -0.481 e. The molecule has 1 aliphatic heterocycles. The van der Waals surface area contributed by atoms with Gasteiger partial charge in [-0.1, -0.05) is 24.3 Å². The number of amides is 1. The second-order valence-corrected chi connectivity index (χ2v) is 4.90. The first kappa shape index (κ1) is 13.3. The fourth-order valence-electron chi connectivity index (χ4n) is 2.17. The van der Waals surface area contributed by atoms with Gasteiger partial charge in [-0.2, -0.15) is 0 Å². The van der Waals surface area contributed by atoms with Crippen LogP contribution in [-0.2, 0) is 9.59 Å². The number of carboxylic acid groups (broad SMARTS) is 1. The molecule has 0 aliphatic carbocycles. The lowest BCUT2D eigenvalue weighted by atomic mass is 9.96. The van der Waals surface area contributed by atoms with E-state index in [9.17, 15) is 9.59 Å². The molecule has 1 amide bonds. The lowest BCUT2D eigenvalue weighted by molar-refractivity contribution is -0.143. The molecule has 4 heteroatoms. The average Bonchev–Trinajstić information content (AvgIpc) is 2.31. The summed E-state index contributed by atoms with van der Waals surface area (Å²) in [4.78, 5) is 24.0. The normalized spacial score (nSPS) is 15.5. The molecule has 19 heavy (non-hydrogen) atoms. The number of carbonyl (C=O) groups is 2. The molecule has 100 valence electrons. The van der Waals surface area contributed by atoms with Gasteiger partial charge < -0.3 is 10.0 Å². The molecule has 0 saturated carbocycles. The number of aryl methyl sites for hydroxylation is 1. The number of aliphatic carboxylic acids is 1. The van der Waals surface area contributed by atoms with Crippen molar-refractivity contribution in [1.82, 2.24) is 4.90 Å². The number of hydrogen-bond acceptors (Lipinski definition) is 2. The smallest absolute Gasteiger partial charge is 0.303 e. The van der Waals surface area contributed by atoms with Crippen LogP contribution in [0.1, 0.15) is 17.5 Å². The zero-order chi connectivity index (χ0) is 13.8. The van der Waals surface area contributed by atoms with Gasteiger partial charge in [-0.25, -0.2) is 0 Å². The van der Waals surface area contributed by atoms with Crippen LogP contribution in [0.25, 0.3) is 6.08 Å². The number of rotatable bonds is 4. The molecule has 1 saturated heterocycles. The first-order valence-corrected chi connectivity index (χ1v) is 6.30. The Hall–Kier alpha value is -2.10. The van der Waals surface area contributed by atoms with Gasteiger partial charge in [-0.3, -0.25) is 9.59 Å². The van der Waals surface area contributed by atoms with E-state index in [1.54, 1.807) is 11.0 Å². The second kappa shape index (κ2) is 5.69. The topological polar surface area (TPSA) is 57.6 Å². The maximum absolute atomic E-state index is 11.8. The standard InChI is InChI=1S/C15H17NO3/c1-11-4-2-3-5-13(11)6-7-14(17)16-9-12(10-16)8-15(18)19/h2-7,12H,8-10H2,1H3,(H,18,19). The maximum atomic E-state index is 11.8. The number of benzene rings is 1. The van der Waals surface area contributed by atoms with E-state index < -0.39 is 5.97 Å². The molecule has 1 aromatic carbocycles. The van der Waals surface area contributed by atoms with E-state index in [-0.39, 0.29) is 18.2 Å². The van der Waals surface area contributed by atoms with Crippen LogP contribution in [0.2, 0.25) is 0 Å². The van der Waals surface area contributed by atoms with Crippen molar-refractivity contribution in [2.45, 2.75) is 13.3 Å². The van der Waals surface area contributed by atoms with E-state index in [0.717, 1.165) is 11.1 Å². The van der Waals surface area contributed by atoms with Crippen LogP contribution in [0.15, 0.2) is 30.3 Å². The number of hydrogen-bond donors (Lipinski definition) is 1. The lowest BCUT2D eigenvalue weighted by Crippen LogP contribution is -2.49. The molecule has 2 rings (SSSR count). The molecular weight excluding hydrogens is 242 g/mol. The predicted octanol–water partition coefficient (Wildman–Crippen LogP) is 1.94. The molecule has 1 fully saturated rings. The summed E-state index contributed by atoms with van der Waals surface area (Å²) in [6, 6.07) is 7.85. The molecule has 0 aromatic heterocycles. The Morgan fingerprint density at radius 3 is 2.68 bits per heavy atom. The summed E-state index contributed by atoms with van der Waals surface area (Å²) in [5.74, 6) is -0.745. The molecular formula is C15H17NO3. The number of carbonyl (C=O) groups excluding carboxylic acids is 1. The summed E-state index contributed by atoms with van der Waals surface area (Å²) >= 11 is 0. The van der Waals surface area contributed by atoms with Crippen molar-refractivity contribution in [3.05, 3.63) is 41.5 Å². The van der Waals surface area contributed by atoms with E-state index in [0.29, 0.717) is 13.1 Å². The summed E-state index contributed by atoms with van der Waals surface area (Å²) in [6.07, 6.45) is 3.51. The first-order chi connectivity index (χ1) is 9.06. The van der Waals surface area contributed by atoms with Crippen LogP contribution in [0, 0.1) is 12.8 Å². The van der Waals surface area contributed by atoms with Gasteiger partial charge in [0.15, 0.2) is 0 Å². The molecule has 0 spiro atoms. The monoisotopic (exact) mass is 259 g/mol.